The number of hydrogen-bond acceptors (Lipinski definition) is 3. The summed E-state index contributed by atoms with van der Waals surface area (Å²) in [6, 6.07) is 0.423. The largest absolute Gasteiger partial charge is 0.325 e. The highest BCUT2D eigenvalue weighted by Crippen LogP contribution is 2.46. The van der Waals surface area contributed by atoms with E-state index in [-0.39, 0.29) is 11.9 Å². The van der Waals surface area contributed by atoms with Crippen molar-refractivity contribution in [3.05, 3.63) is 0 Å². The van der Waals surface area contributed by atoms with E-state index in [2.05, 4.69) is 17.3 Å². The van der Waals surface area contributed by atoms with Gasteiger partial charge in [0.25, 0.3) is 5.91 Å². The molecule has 0 aromatic carbocycles. The third kappa shape index (κ3) is 2.55. The minimum atomic E-state index is -0.748. The highest BCUT2D eigenvalue weighted by molar-refractivity contribution is 6.06. The Morgan fingerprint density at radius 2 is 1.80 bits per heavy atom. The summed E-state index contributed by atoms with van der Waals surface area (Å²) in [5.74, 6) is 1.60. The smallest absolute Gasteiger partial charge is 0.324 e. The lowest BCUT2D eigenvalue weighted by atomic mass is 10.1. The van der Waals surface area contributed by atoms with E-state index < -0.39 is 5.54 Å². The monoisotopic (exact) mass is 279 g/mol. The zero-order valence-electron chi connectivity index (χ0n) is 12.7. The van der Waals surface area contributed by atoms with Crippen LogP contribution in [0.25, 0.3) is 0 Å². The molecule has 3 aliphatic rings. The molecule has 0 aromatic heterocycles. The first-order valence-corrected chi connectivity index (χ1v) is 7.74. The van der Waals surface area contributed by atoms with Crippen LogP contribution in [0.3, 0.4) is 0 Å². The molecule has 0 radical (unpaired) electrons. The maximum atomic E-state index is 12.1. The summed E-state index contributed by atoms with van der Waals surface area (Å²) < 4.78 is 0. The Morgan fingerprint density at radius 1 is 1.25 bits per heavy atom. The van der Waals surface area contributed by atoms with Gasteiger partial charge in [0.05, 0.1) is 0 Å². The van der Waals surface area contributed by atoms with E-state index in [1.54, 1.807) is 13.8 Å². The van der Waals surface area contributed by atoms with Crippen molar-refractivity contribution in [2.45, 2.75) is 51.1 Å². The molecule has 2 aliphatic carbocycles. The topological polar surface area (TPSA) is 52.6 Å². The fourth-order valence-corrected chi connectivity index (χ4v) is 3.41. The predicted molar refractivity (Wildman–Crippen MR) is 76.2 cm³/mol. The van der Waals surface area contributed by atoms with Crippen molar-refractivity contribution in [3.63, 3.8) is 0 Å². The fourth-order valence-electron chi connectivity index (χ4n) is 3.41. The molecule has 0 aromatic rings. The van der Waals surface area contributed by atoms with E-state index in [0.717, 1.165) is 18.4 Å². The van der Waals surface area contributed by atoms with Crippen molar-refractivity contribution in [2.75, 3.05) is 20.1 Å². The molecule has 0 bridgehead atoms. The number of nitrogens with zero attached hydrogens (tertiary/aromatic N) is 2. The maximum absolute atomic E-state index is 12.1. The fraction of sp³-hybridized carbons (Fsp3) is 0.867. The predicted octanol–water partition coefficient (Wildman–Crippen LogP) is 1.44. The number of rotatable bonds is 6. The average molecular weight is 279 g/mol. The Kier molecular flexibility index (Phi) is 3.27. The first-order valence-electron chi connectivity index (χ1n) is 7.74. The summed E-state index contributed by atoms with van der Waals surface area (Å²) in [4.78, 5) is 27.7. The van der Waals surface area contributed by atoms with Crippen LogP contribution in [-0.2, 0) is 4.79 Å². The number of urea groups is 1. The van der Waals surface area contributed by atoms with Gasteiger partial charge in [0.15, 0.2) is 0 Å². The normalized spacial score (nSPS) is 25.8. The lowest BCUT2D eigenvalue weighted by Crippen LogP contribution is -2.44. The molecule has 1 saturated heterocycles. The SMILES string of the molecule is CN(CCN1C(=O)NC(C)(C)C1=O)C(C1CC1)C1CC1. The van der Waals surface area contributed by atoms with Crippen LogP contribution in [0.15, 0.2) is 0 Å². The number of hydrogen-bond donors (Lipinski definition) is 1. The first kappa shape index (κ1) is 13.9. The van der Waals surface area contributed by atoms with Crippen LogP contribution >= 0.6 is 0 Å². The van der Waals surface area contributed by atoms with Gasteiger partial charge in [-0.05, 0) is 58.4 Å². The van der Waals surface area contributed by atoms with Crippen LogP contribution in [0, 0.1) is 11.8 Å². The second-order valence-corrected chi connectivity index (χ2v) is 7.16. The number of carbonyl (C=O) groups excluding carboxylic acids is 2. The van der Waals surface area contributed by atoms with Gasteiger partial charge in [-0.2, -0.15) is 0 Å². The molecule has 0 atom stereocenters. The summed E-state index contributed by atoms with van der Waals surface area (Å²) in [5, 5.41) is 2.74. The highest BCUT2D eigenvalue weighted by Gasteiger charge is 2.46. The summed E-state index contributed by atoms with van der Waals surface area (Å²) in [6.45, 7) is 4.80. The van der Waals surface area contributed by atoms with Gasteiger partial charge in [-0.3, -0.25) is 9.69 Å². The van der Waals surface area contributed by atoms with Gasteiger partial charge in [0, 0.05) is 19.1 Å². The number of nitrogens with one attached hydrogen (secondary N) is 1. The molecular formula is C15H25N3O2. The van der Waals surface area contributed by atoms with Gasteiger partial charge in [-0.15, -0.1) is 0 Å². The van der Waals surface area contributed by atoms with Gasteiger partial charge in [-0.25, -0.2) is 4.79 Å². The Balaban J connectivity index is 1.56. The second kappa shape index (κ2) is 4.72. The lowest BCUT2D eigenvalue weighted by Gasteiger charge is -2.29. The van der Waals surface area contributed by atoms with Crippen LogP contribution < -0.4 is 5.32 Å². The minimum absolute atomic E-state index is 0.106. The van der Waals surface area contributed by atoms with Crippen LogP contribution in [0.4, 0.5) is 4.79 Å². The molecule has 3 rings (SSSR count). The standard InChI is InChI=1S/C15H25N3O2/c1-15(2)13(19)18(14(20)16-15)9-8-17(3)12(10-4-5-10)11-6-7-11/h10-12H,4-9H2,1-3H3,(H,16,20). The Bertz CT molecular complexity index is 415. The second-order valence-electron chi connectivity index (χ2n) is 7.16. The van der Waals surface area contributed by atoms with E-state index in [0.29, 0.717) is 12.6 Å². The molecule has 0 unspecified atom stereocenters. The van der Waals surface area contributed by atoms with Crippen LogP contribution in [0.5, 0.6) is 0 Å². The summed E-state index contributed by atoms with van der Waals surface area (Å²) in [5.41, 5.74) is -0.748. The molecule has 5 nitrogen and oxygen atoms in total. The average Bonchev–Trinajstić information content (AvgIpc) is 3.22. The Hall–Kier alpha value is -1.10. The van der Waals surface area contributed by atoms with Gasteiger partial charge in [0.1, 0.15) is 5.54 Å². The molecule has 1 aliphatic heterocycles. The Morgan fingerprint density at radius 3 is 2.20 bits per heavy atom. The summed E-state index contributed by atoms with van der Waals surface area (Å²) >= 11 is 0. The van der Waals surface area contributed by atoms with Crippen molar-refractivity contribution in [2.24, 2.45) is 11.8 Å². The van der Waals surface area contributed by atoms with Crippen molar-refractivity contribution < 1.29 is 9.59 Å². The van der Waals surface area contributed by atoms with Crippen molar-refractivity contribution in [3.8, 4) is 0 Å². The van der Waals surface area contributed by atoms with E-state index >= 15 is 0 Å². The maximum Gasteiger partial charge on any atom is 0.325 e. The van der Waals surface area contributed by atoms with E-state index in [9.17, 15) is 9.59 Å². The first-order chi connectivity index (χ1) is 9.40. The van der Waals surface area contributed by atoms with Crippen LogP contribution in [0.2, 0.25) is 0 Å². The third-order valence-electron chi connectivity index (χ3n) is 4.84. The van der Waals surface area contributed by atoms with Gasteiger partial charge >= 0.3 is 6.03 Å². The van der Waals surface area contributed by atoms with Crippen LogP contribution in [0.1, 0.15) is 39.5 Å². The third-order valence-corrected chi connectivity index (χ3v) is 4.84. The van der Waals surface area contributed by atoms with Crippen molar-refractivity contribution in [1.82, 2.24) is 15.1 Å². The molecule has 1 N–H and O–H groups in total. The number of imide groups is 1. The number of amides is 3. The molecule has 5 heteroatoms. The van der Waals surface area contributed by atoms with Gasteiger partial charge in [0.2, 0.25) is 0 Å². The number of likely N-dealkylation sites (N-methyl/N-ethyl adjacent to an activating group) is 1. The summed E-state index contributed by atoms with van der Waals surface area (Å²) in [7, 11) is 2.14. The van der Waals surface area contributed by atoms with Crippen LogP contribution in [-0.4, -0.2) is 53.5 Å². The van der Waals surface area contributed by atoms with Crippen molar-refractivity contribution >= 4 is 11.9 Å². The van der Waals surface area contributed by atoms with E-state index in [1.807, 2.05) is 0 Å². The highest BCUT2D eigenvalue weighted by atomic mass is 16.2. The molecule has 20 heavy (non-hydrogen) atoms. The van der Waals surface area contributed by atoms with E-state index in [1.165, 1.54) is 30.6 Å². The molecule has 3 amide bonds. The molecule has 0 spiro atoms. The van der Waals surface area contributed by atoms with Gasteiger partial charge < -0.3 is 10.2 Å². The van der Waals surface area contributed by atoms with Gasteiger partial charge in [-0.1, -0.05) is 0 Å². The zero-order valence-corrected chi connectivity index (χ0v) is 12.7. The molecule has 2 saturated carbocycles. The molecule has 112 valence electrons. The van der Waals surface area contributed by atoms with Crippen molar-refractivity contribution in [1.29, 1.82) is 0 Å². The lowest BCUT2D eigenvalue weighted by molar-refractivity contribution is -0.130. The Labute approximate surface area is 120 Å². The quantitative estimate of drug-likeness (QED) is 0.749. The minimum Gasteiger partial charge on any atom is -0.324 e. The number of carbonyl (C=O) groups is 2. The molecule has 3 fully saturated rings. The molecule has 1 heterocycles. The molecular weight excluding hydrogens is 254 g/mol. The zero-order chi connectivity index (χ0) is 14.5. The summed E-state index contributed by atoms with van der Waals surface area (Å²) in [6.07, 6.45) is 5.40. The van der Waals surface area contributed by atoms with E-state index in [4.69, 9.17) is 0 Å².